The summed E-state index contributed by atoms with van der Waals surface area (Å²) in [5.74, 6) is 0.288. The predicted octanol–water partition coefficient (Wildman–Crippen LogP) is 1.58. The quantitative estimate of drug-likeness (QED) is 0.782. The van der Waals surface area contributed by atoms with E-state index in [4.69, 9.17) is 16.3 Å². The smallest absolute Gasteiger partial charge is 0.406 e. The van der Waals surface area contributed by atoms with Crippen molar-refractivity contribution in [1.29, 1.82) is 0 Å². The Balaban J connectivity index is 2.28. The molecule has 0 aliphatic heterocycles. The highest BCUT2D eigenvalue weighted by atomic mass is 35.5. The van der Waals surface area contributed by atoms with E-state index in [1.54, 1.807) is 31.2 Å². The number of halogens is 1. The van der Waals surface area contributed by atoms with Gasteiger partial charge in [0.2, 0.25) is 0 Å². The molecule has 1 unspecified atom stereocenters. The molecule has 20 heavy (non-hydrogen) atoms. The topological polar surface area (TPSA) is 76.7 Å². The Hall–Kier alpha value is -1.95. The molecular formula is C13H17ClN2O4. The molecule has 110 valence electrons. The van der Waals surface area contributed by atoms with Crippen LogP contribution in [-0.4, -0.2) is 38.3 Å². The van der Waals surface area contributed by atoms with Gasteiger partial charge in [0.15, 0.2) is 6.10 Å². The molecule has 1 atom stereocenters. The van der Waals surface area contributed by atoms with E-state index in [1.165, 1.54) is 7.11 Å². The van der Waals surface area contributed by atoms with Crippen molar-refractivity contribution in [3.8, 4) is 5.75 Å². The number of carbonyl (C=O) groups excluding carboxylic acids is 2. The molecule has 1 aromatic carbocycles. The van der Waals surface area contributed by atoms with Gasteiger partial charge >= 0.3 is 6.09 Å². The molecular weight excluding hydrogens is 284 g/mol. The average molecular weight is 301 g/mol. The summed E-state index contributed by atoms with van der Waals surface area (Å²) in [5.41, 5.74) is 0. The van der Waals surface area contributed by atoms with E-state index in [0.717, 1.165) is 0 Å². The van der Waals surface area contributed by atoms with E-state index < -0.39 is 12.2 Å². The first-order chi connectivity index (χ1) is 9.52. The summed E-state index contributed by atoms with van der Waals surface area (Å²) in [6.45, 7) is 2.21. The molecule has 7 heteroatoms. The molecule has 0 aromatic heterocycles. The molecule has 0 spiro atoms. The first kappa shape index (κ1) is 16.1. The van der Waals surface area contributed by atoms with Crippen molar-refractivity contribution in [3.63, 3.8) is 0 Å². The zero-order valence-electron chi connectivity index (χ0n) is 11.3. The van der Waals surface area contributed by atoms with Crippen molar-refractivity contribution >= 4 is 23.6 Å². The third-order valence-corrected chi connectivity index (χ3v) is 2.63. The number of ether oxygens (including phenoxy) is 2. The summed E-state index contributed by atoms with van der Waals surface area (Å²) < 4.78 is 9.84. The fourth-order valence-corrected chi connectivity index (χ4v) is 1.46. The average Bonchev–Trinajstić information content (AvgIpc) is 2.45. The van der Waals surface area contributed by atoms with E-state index in [9.17, 15) is 9.59 Å². The molecule has 0 aliphatic carbocycles. The van der Waals surface area contributed by atoms with Crippen LogP contribution in [0.3, 0.4) is 0 Å². The fourth-order valence-electron chi connectivity index (χ4n) is 1.34. The van der Waals surface area contributed by atoms with Gasteiger partial charge in [0.1, 0.15) is 5.75 Å². The fraction of sp³-hybridized carbons (Fsp3) is 0.385. The maximum absolute atomic E-state index is 11.7. The van der Waals surface area contributed by atoms with Crippen molar-refractivity contribution in [3.05, 3.63) is 29.3 Å². The van der Waals surface area contributed by atoms with Crippen LogP contribution in [0, 0.1) is 0 Å². The van der Waals surface area contributed by atoms with E-state index in [0.29, 0.717) is 17.3 Å². The number of nitrogens with one attached hydrogen (secondary N) is 2. The molecule has 2 N–H and O–H groups in total. The second kappa shape index (κ2) is 8.27. The molecule has 6 nitrogen and oxygen atoms in total. The highest BCUT2D eigenvalue weighted by molar-refractivity contribution is 6.30. The lowest BCUT2D eigenvalue weighted by atomic mass is 10.3. The van der Waals surface area contributed by atoms with Crippen LogP contribution >= 0.6 is 11.6 Å². The second-order valence-corrected chi connectivity index (χ2v) is 4.36. The maximum Gasteiger partial charge on any atom is 0.406 e. The SMILES string of the molecule is COC(=O)NCCNC(=O)C(C)Oc1ccc(Cl)cc1. The lowest BCUT2D eigenvalue weighted by Gasteiger charge is -2.14. The third-order valence-electron chi connectivity index (χ3n) is 2.37. The summed E-state index contributed by atoms with van der Waals surface area (Å²) in [4.78, 5) is 22.5. The highest BCUT2D eigenvalue weighted by Gasteiger charge is 2.13. The first-order valence-corrected chi connectivity index (χ1v) is 6.42. The van der Waals surface area contributed by atoms with Crippen molar-refractivity contribution in [2.24, 2.45) is 0 Å². The van der Waals surface area contributed by atoms with Gasteiger partial charge in [0.25, 0.3) is 5.91 Å². The van der Waals surface area contributed by atoms with Gasteiger partial charge < -0.3 is 20.1 Å². The first-order valence-electron chi connectivity index (χ1n) is 6.04. The number of benzene rings is 1. The summed E-state index contributed by atoms with van der Waals surface area (Å²) in [6.07, 6.45) is -1.18. The van der Waals surface area contributed by atoms with Gasteiger partial charge in [-0.15, -0.1) is 0 Å². The number of methoxy groups -OCH3 is 1. The second-order valence-electron chi connectivity index (χ2n) is 3.92. The van der Waals surface area contributed by atoms with Crippen LogP contribution in [0.1, 0.15) is 6.92 Å². The molecule has 0 bridgehead atoms. The minimum absolute atomic E-state index is 0.272. The van der Waals surface area contributed by atoms with Crippen LogP contribution in [0.15, 0.2) is 24.3 Å². The van der Waals surface area contributed by atoms with E-state index in [1.807, 2.05) is 0 Å². The minimum atomic E-state index is -0.644. The molecule has 0 saturated carbocycles. The molecule has 1 rings (SSSR count). The summed E-state index contributed by atoms with van der Waals surface area (Å²) in [5, 5.41) is 5.68. The molecule has 0 saturated heterocycles. The van der Waals surface area contributed by atoms with Crippen LogP contribution in [0.2, 0.25) is 5.02 Å². The van der Waals surface area contributed by atoms with Crippen LogP contribution < -0.4 is 15.4 Å². The van der Waals surface area contributed by atoms with Gasteiger partial charge in [-0.2, -0.15) is 0 Å². The summed E-state index contributed by atoms with van der Waals surface area (Å²) in [7, 11) is 1.27. The Morgan fingerprint density at radius 2 is 1.80 bits per heavy atom. The van der Waals surface area contributed by atoms with E-state index >= 15 is 0 Å². The zero-order valence-corrected chi connectivity index (χ0v) is 12.1. The van der Waals surface area contributed by atoms with Crippen LogP contribution in [0.25, 0.3) is 0 Å². The van der Waals surface area contributed by atoms with Gasteiger partial charge in [0, 0.05) is 18.1 Å². The van der Waals surface area contributed by atoms with Gasteiger partial charge in [-0.25, -0.2) is 4.79 Å². The van der Waals surface area contributed by atoms with Gasteiger partial charge in [0.05, 0.1) is 7.11 Å². The number of alkyl carbamates (subject to hydrolysis) is 1. The van der Waals surface area contributed by atoms with E-state index in [2.05, 4.69) is 15.4 Å². The maximum atomic E-state index is 11.7. The summed E-state index contributed by atoms with van der Waals surface area (Å²) in [6, 6.07) is 6.74. The lowest BCUT2D eigenvalue weighted by Crippen LogP contribution is -2.40. The number of hydrogen-bond acceptors (Lipinski definition) is 4. The lowest BCUT2D eigenvalue weighted by molar-refractivity contribution is -0.127. The van der Waals surface area contributed by atoms with Crippen molar-refractivity contribution in [2.45, 2.75) is 13.0 Å². The Bertz CT molecular complexity index is 450. The molecule has 0 radical (unpaired) electrons. The van der Waals surface area contributed by atoms with Gasteiger partial charge in [-0.3, -0.25) is 4.79 Å². The van der Waals surface area contributed by atoms with Crippen LogP contribution in [0.5, 0.6) is 5.75 Å². The van der Waals surface area contributed by atoms with E-state index in [-0.39, 0.29) is 12.5 Å². The van der Waals surface area contributed by atoms with Gasteiger partial charge in [-0.05, 0) is 31.2 Å². The highest BCUT2D eigenvalue weighted by Crippen LogP contribution is 2.16. The molecule has 0 aliphatic rings. The minimum Gasteiger partial charge on any atom is -0.481 e. The van der Waals surface area contributed by atoms with Crippen LogP contribution in [0.4, 0.5) is 4.79 Å². The number of hydrogen-bond donors (Lipinski definition) is 2. The normalized spacial score (nSPS) is 11.3. The standard InChI is InChI=1S/C13H17ClN2O4/c1-9(20-11-5-3-10(14)4-6-11)12(17)15-7-8-16-13(18)19-2/h3-6,9H,7-8H2,1-2H3,(H,15,17)(H,16,18). The number of rotatable bonds is 6. The molecule has 1 aromatic rings. The molecule has 0 heterocycles. The number of carbonyl (C=O) groups is 2. The molecule has 0 fully saturated rings. The van der Waals surface area contributed by atoms with Crippen molar-refractivity contribution in [1.82, 2.24) is 10.6 Å². The largest absolute Gasteiger partial charge is 0.481 e. The number of amides is 2. The summed E-state index contributed by atoms with van der Waals surface area (Å²) >= 11 is 5.75. The van der Waals surface area contributed by atoms with Crippen molar-refractivity contribution in [2.75, 3.05) is 20.2 Å². The van der Waals surface area contributed by atoms with Crippen molar-refractivity contribution < 1.29 is 19.1 Å². The Morgan fingerprint density at radius 3 is 2.40 bits per heavy atom. The Labute approximate surface area is 122 Å². The Kier molecular flexibility index (Phi) is 6.66. The monoisotopic (exact) mass is 300 g/mol. The predicted molar refractivity (Wildman–Crippen MR) is 75.0 cm³/mol. The third kappa shape index (κ3) is 5.79. The van der Waals surface area contributed by atoms with Crippen LogP contribution in [-0.2, 0) is 9.53 Å². The van der Waals surface area contributed by atoms with Gasteiger partial charge in [-0.1, -0.05) is 11.6 Å². The molecule has 2 amide bonds. The Morgan fingerprint density at radius 1 is 1.20 bits per heavy atom. The zero-order chi connectivity index (χ0) is 15.0.